The van der Waals surface area contributed by atoms with Crippen LogP contribution in [0.1, 0.15) is 42.8 Å². The van der Waals surface area contributed by atoms with Gasteiger partial charge in [-0.2, -0.15) is 0 Å². The zero-order valence-electron chi connectivity index (χ0n) is 11.7. The van der Waals surface area contributed by atoms with Crippen molar-refractivity contribution in [2.24, 2.45) is 0 Å². The molecular formula is C16H19ClN2O. The Bertz CT molecular complexity index is 581. The molecule has 2 aromatic rings. The Morgan fingerprint density at radius 1 is 1.40 bits per heavy atom. The maximum Gasteiger partial charge on any atom is 0.154 e. The third kappa shape index (κ3) is 2.89. The van der Waals surface area contributed by atoms with Crippen molar-refractivity contribution in [2.45, 2.75) is 38.8 Å². The van der Waals surface area contributed by atoms with Gasteiger partial charge in [0.15, 0.2) is 5.76 Å². The molecule has 0 spiro atoms. The number of likely N-dealkylation sites (tertiary alicyclic amines) is 1. The number of rotatable bonds is 4. The van der Waals surface area contributed by atoms with Crippen molar-refractivity contribution in [1.82, 2.24) is 10.1 Å². The van der Waals surface area contributed by atoms with Crippen molar-refractivity contribution in [1.29, 1.82) is 0 Å². The molecule has 1 aliphatic heterocycles. The van der Waals surface area contributed by atoms with Crippen LogP contribution in [0.3, 0.4) is 0 Å². The third-order valence-corrected chi connectivity index (χ3v) is 4.14. The fraction of sp³-hybridized carbons (Fsp3) is 0.438. The average Bonchev–Trinajstić information content (AvgIpc) is 3.06. The highest BCUT2D eigenvalue weighted by molar-refractivity contribution is 6.30. The van der Waals surface area contributed by atoms with Gasteiger partial charge >= 0.3 is 0 Å². The van der Waals surface area contributed by atoms with Gasteiger partial charge in [0.2, 0.25) is 0 Å². The van der Waals surface area contributed by atoms with Gasteiger partial charge < -0.3 is 4.52 Å². The molecule has 1 saturated heterocycles. The minimum absolute atomic E-state index is 0.349. The molecule has 4 heteroatoms. The summed E-state index contributed by atoms with van der Waals surface area (Å²) in [5.74, 6) is 1.00. The molecule has 0 amide bonds. The lowest BCUT2D eigenvalue weighted by molar-refractivity contribution is 0.206. The normalized spacial score (nSPS) is 19.6. The molecule has 1 atom stereocenters. The number of hydrogen-bond donors (Lipinski definition) is 0. The minimum atomic E-state index is 0.349. The van der Waals surface area contributed by atoms with E-state index in [9.17, 15) is 0 Å². The second kappa shape index (κ2) is 5.98. The number of benzene rings is 1. The molecule has 1 fully saturated rings. The Morgan fingerprint density at radius 3 is 3.05 bits per heavy atom. The zero-order valence-corrected chi connectivity index (χ0v) is 12.4. The molecule has 1 aromatic heterocycles. The monoisotopic (exact) mass is 290 g/mol. The van der Waals surface area contributed by atoms with E-state index in [0.717, 1.165) is 42.4 Å². The van der Waals surface area contributed by atoms with Crippen molar-refractivity contribution in [3.05, 3.63) is 52.4 Å². The van der Waals surface area contributed by atoms with Gasteiger partial charge in [0, 0.05) is 17.6 Å². The summed E-state index contributed by atoms with van der Waals surface area (Å²) in [4.78, 5) is 2.45. The Morgan fingerprint density at radius 2 is 2.30 bits per heavy atom. The molecule has 2 heterocycles. The highest BCUT2D eigenvalue weighted by Crippen LogP contribution is 2.33. The van der Waals surface area contributed by atoms with E-state index in [2.05, 4.69) is 29.1 Å². The smallest absolute Gasteiger partial charge is 0.154 e. The minimum Gasteiger partial charge on any atom is -0.359 e. The summed E-state index contributed by atoms with van der Waals surface area (Å²) in [6.45, 7) is 4.10. The van der Waals surface area contributed by atoms with E-state index in [4.69, 9.17) is 16.1 Å². The zero-order chi connectivity index (χ0) is 13.9. The van der Waals surface area contributed by atoms with Gasteiger partial charge in [-0.3, -0.25) is 4.90 Å². The Hall–Kier alpha value is -1.32. The Balaban J connectivity index is 1.75. The molecule has 20 heavy (non-hydrogen) atoms. The van der Waals surface area contributed by atoms with Crippen molar-refractivity contribution >= 4 is 11.6 Å². The van der Waals surface area contributed by atoms with Gasteiger partial charge in [-0.05, 0) is 43.5 Å². The van der Waals surface area contributed by atoms with E-state index in [0.29, 0.717) is 6.04 Å². The summed E-state index contributed by atoms with van der Waals surface area (Å²) in [5, 5.41) is 4.91. The lowest BCUT2D eigenvalue weighted by Gasteiger charge is -2.22. The summed E-state index contributed by atoms with van der Waals surface area (Å²) < 4.78 is 5.51. The maximum absolute atomic E-state index is 6.06. The van der Waals surface area contributed by atoms with Crippen LogP contribution >= 0.6 is 11.6 Å². The van der Waals surface area contributed by atoms with E-state index in [1.165, 1.54) is 12.0 Å². The van der Waals surface area contributed by atoms with E-state index in [1.807, 2.05) is 18.2 Å². The molecular weight excluding hydrogens is 272 g/mol. The van der Waals surface area contributed by atoms with Crippen LogP contribution in [0.15, 0.2) is 34.9 Å². The van der Waals surface area contributed by atoms with Crippen LogP contribution < -0.4 is 0 Å². The number of hydrogen-bond acceptors (Lipinski definition) is 3. The summed E-state index contributed by atoms with van der Waals surface area (Å²) >= 11 is 6.06. The van der Waals surface area contributed by atoms with Gasteiger partial charge in [0.25, 0.3) is 0 Å². The topological polar surface area (TPSA) is 29.3 Å². The first-order chi connectivity index (χ1) is 9.76. The molecule has 0 radical (unpaired) electrons. The Kier molecular flexibility index (Phi) is 4.08. The second-order valence-corrected chi connectivity index (χ2v) is 5.77. The molecule has 106 valence electrons. The lowest BCUT2D eigenvalue weighted by Crippen LogP contribution is -2.22. The summed E-state index contributed by atoms with van der Waals surface area (Å²) in [7, 11) is 0. The molecule has 1 aromatic carbocycles. The highest BCUT2D eigenvalue weighted by atomic mass is 35.5. The third-order valence-electron chi connectivity index (χ3n) is 3.91. The quantitative estimate of drug-likeness (QED) is 0.844. The molecule has 3 nitrogen and oxygen atoms in total. The first kappa shape index (κ1) is 13.7. The second-order valence-electron chi connectivity index (χ2n) is 5.33. The van der Waals surface area contributed by atoms with Gasteiger partial charge in [-0.1, -0.05) is 35.8 Å². The Labute approximate surface area is 124 Å². The number of aryl methyl sites for hydroxylation is 1. The highest BCUT2D eigenvalue weighted by Gasteiger charge is 2.29. The maximum atomic E-state index is 6.06. The first-order valence-electron chi connectivity index (χ1n) is 7.20. The molecule has 0 N–H and O–H groups in total. The van der Waals surface area contributed by atoms with Crippen molar-refractivity contribution < 1.29 is 4.52 Å². The molecule has 1 unspecified atom stereocenters. The van der Waals surface area contributed by atoms with E-state index in [-0.39, 0.29) is 0 Å². The van der Waals surface area contributed by atoms with Crippen LogP contribution in [0, 0.1) is 0 Å². The molecule has 0 aliphatic carbocycles. The standard InChI is InChI=1S/C16H19ClN2O/c1-2-14-10-16(20-18-14)15-7-4-8-19(15)11-12-5-3-6-13(17)9-12/h3,5-6,9-10,15H,2,4,7-8,11H2,1H3. The van der Waals surface area contributed by atoms with Gasteiger partial charge in [-0.15, -0.1) is 0 Å². The molecule has 1 aliphatic rings. The predicted octanol–water partition coefficient (Wildman–Crippen LogP) is 4.23. The van der Waals surface area contributed by atoms with E-state index < -0.39 is 0 Å². The van der Waals surface area contributed by atoms with E-state index >= 15 is 0 Å². The van der Waals surface area contributed by atoms with Crippen molar-refractivity contribution in [3.63, 3.8) is 0 Å². The van der Waals surface area contributed by atoms with Gasteiger partial charge in [-0.25, -0.2) is 0 Å². The van der Waals surface area contributed by atoms with Crippen LogP contribution in [0.4, 0.5) is 0 Å². The molecule has 3 rings (SSSR count). The van der Waals surface area contributed by atoms with E-state index in [1.54, 1.807) is 0 Å². The van der Waals surface area contributed by atoms with Crippen LogP contribution in [-0.4, -0.2) is 16.6 Å². The summed E-state index contributed by atoms with van der Waals surface area (Å²) in [5.41, 5.74) is 2.29. The number of halogens is 1. The predicted molar refractivity (Wildman–Crippen MR) is 79.7 cm³/mol. The molecule has 0 saturated carbocycles. The summed E-state index contributed by atoms with van der Waals surface area (Å²) in [6, 6.07) is 10.5. The summed E-state index contributed by atoms with van der Waals surface area (Å²) in [6.07, 6.45) is 3.26. The number of nitrogens with zero attached hydrogens (tertiary/aromatic N) is 2. The van der Waals surface area contributed by atoms with Crippen LogP contribution in [-0.2, 0) is 13.0 Å². The van der Waals surface area contributed by atoms with Crippen LogP contribution in [0.2, 0.25) is 5.02 Å². The van der Waals surface area contributed by atoms with Crippen molar-refractivity contribution in [2.75, 3.05) is 6.54 Å². The fourth-order valence-corrected chi connectivity index (χ4v) is 3.07. The fourth-order valence-electron chi connectivity index (χ4n) is 2.86. The van der Waals surface area contributed by atoms with Crippen LogP contribution in [0.25, 0.3) is 0 Å². The van der Waals surface area contributed by atoms with Crippen LogP contribution in [0.5, 0.6) is 0 Å². The largest absolute Gasteiger partial charge is 0.359 e. The van der Waals surface area contributed by atoms with Gasteiger partial charge in [0.05, 0.1) is 11.7 Å². The van der Waals surface area contributed by atoms with Crippen molar-refractivity contribution in [3.8, 4) is 0 Å². The first-order valence-corrected chi connectivity index (χ1v) is 7.58. The average molecular weight is 291 g/mol. The lowest BCUT2D eigenvalue weighted by atomic mass is 10.1. The van der Waals surface area contributed by atoms with Gasteiger partial charge in [0.1, 0.15) is 0 Å². The SMILES string of the molecule is CCc1cc(C2CCCN2Cc2cccc(Cl)c2)on1. The molecule has 0 bridgehead atoms. The number of aromatic nitrogens is 1.